The number of halogens is 2. The topological polar surface area (TPSA) is 95.9 Å². The number of ether oxygens (including phenoxy) is 3. The Bertz CT molecular complexity index is 858. The van der Waals surface area contributed by atoms with E-state index in [1.165, 1.54) is 28.1 Å². The van der Waals surface area contributed by atoms with E-state index >= 15 is 0 Å². The van der Waals surface area contributed by atoms with Crippen LogP contribution in [-0.2, 0) is 14.2 Å². The zero-order valence-corrected chi connectivity index (χ0v) is 20.5. The Hall–Kier alpha value is -0.850. The van der Waals surface area contributed by atoms with Crippen molar-refractivity contribution in [3.63, 3.8) is 0 Å². The van der Waals surface area contributed by atoms with Gasteiger partial charge in [0.1, 0.15) is 22.7 Å². The number of nitrogens with two attached hydrogens (primary N) is 2. The number of hydrogen-bond donors (Lipinski definition) is 2. The Morgan fingerprint density at radius 3 is 2.97 bits per heavy atom. The van der Waals surface area contributed by atoms with Crippen molar-refractivity contribution in [2.24, 2.45) is 11.6 Å². The van der Waals surface area contributed by atoms with E-state index < -0.39 is 0 Å². The predicted molar refractivity (Wildman–Crippen MR) is 125 cm³/mol. The molecule has 3 unspecified atom stereocenters. The van der Waals surface area contributed by atoms with Crippen LogP contribution in [0.4, 0.5) is 0 Å². The van der Waals surface area contributed by atoms with E-state index in [9.17, 15) is 0 Å². The van der Waals surface area contributed by atoms with Crippen molar-refractivity contribution in [2.45, 2.75) is 35.6 Å². The van der Waals surface area contributed by atoms with Gasteiger partial charge in [0.05, 0.1) is 30.0 Å². The highest BCUT2D eigenvalue weighted by Crippen LogP contribution is 2.36. The highest BCUT2D eigenvalue weighted by molar-refractivity contribution is 9.10. The lowest BCUT2D eigenvalue weighted by molar-refractivity contribution is -0.198. The second-order valence-corrected chi connectivity index (χ2v) is 10.0. The number of hydrogen-bond acceptors (Lipinski definition) is 9. The molecule has 0 aliphatic carbocycles. The SMILES string of the molecule is CO[C@@H](CN(N)/C=C(\N)c1nccs1)C(OC1COC1C)Sc1cc(Br)ccc1Cl. The number of nitrogens with zero attached hydrogens (tertiary/aromatic N) is 2. The highest BCUT2D eigenvalue weighted by Gasteiger charge is 2.35. The number of rotatable bonds is 10. The molecule has 1 aliphatic rings. The quantitative estimate of drug-likeness (QED) is 0.204. The molecule has 1 saturated heterocycles. The predicted octanol–water partition coefficient (Wildman–Crippen LogP) is 3.93. The molecule has 0 saturated carbocycles. The Balaban J connectivity index is 1.75. The van der Waals surface area contributed by atoms with Crippen LogP contribution in [0.2, 0.25) is 5.02 Å². The number of thioether (sulfide) groups is 1. The van der Waals surface area contributed by atoms with E-state index in [1.807, 2.05) is 30.5 Å². The molecule has 1 fully saturated rings. The van der Waals surface area contributed by atoms with E-state index in [0.29, 0.717) is 28.9 Å². The zero-order valence-electron chi connectivity index (χ0n) is 16.5. The fourth-order valence-corrected chi connectivity index (χ4v) is 5.20. The van der Waals surface area contributed by atoms with Gasteiger partial charge in [0.25, 0.3) is 0 Å². The monoisotopic (exact) mass is 534 g/mol. The summed E-state index contributed by atoms with van der Waals surface area (Å²) in [5, 5.41) is 4.70. The van der Waals surface area contributed by atoms with Gasteiger partial charge in [0.15, 0.2) is 0 Å². The summed E-state index contributed by atoms with van der Waals surface area (Å²) in [7, 11) is 1.63. The van der Waals surface area contributed by atoms with Gasteiger partial charge < -0.3 is 25.0 Å². The largest absolute Gasteiger partial charge is 0.395 e. The summed E-state index contributed by atoms with van der Waals surface area (Å²) in [6.07, 6.45) is 2.99. The third-order valence-electron chi connectivity index (χ3n) is 4.47. The van der Waals surface area contributed by atoms with E-state index in [0.717, 1.165) is 9.37 Å². The van der Waals surface area contributed by atoms with E-state index in [1.54, 1.807) is 19.5 Å². The van der Waals surface area contributed by atoms with Crippen LogP contribution in [0.15, 0.2) is 45.3 Å². The van der Waals surface area contributed by atoms with Gasteiger partial charge >= 0.3 is 0 Å². The second kappa shape index (κ2) is 11.1. The van der Waals surface area contributed by atoms with Gasteiger partial charge in [0, 0.05) is 34.3 Å². The Morgan fingerprint density at radius 1 is 1.57 bits per heavy atom. The van der Waals surface area contributed by atoms with Gasteiger partial charge in [-0.2, -0.15) is 0 Å². The molecule has 3 rings (SSSR count). The van der Waals surface area contributed by atoms with Crippen molar-refractivity contribution in [1.82, 2.24) is 9.99 Å². The molecule has 7 nitrogen and oxygen atoms in total. The van der Waals surface area contributed by atoms with Crippen molar-refractivity contribution >= 4 is 56.3 Å². The molecular formula is C19H24BrClN4O3S2. The minimum absolute atomic E-state index is 0.0202. The van der Waals surface area contributed by atoms with Crippen LogP contribution in [-0.4, -0.2) is 54.0 Å². The molecule has 0 bridgehead atoms. The molecule has 30 heavy (non-hydrogen) atoms. The van der Waals surface area contributed by atoms with Crippen LogP contribution in [0.25, 0.3) is 5.70 Å². The first-order valence-corrected chi connectivity index (χ1v) is 12.1. The standard InChI is InChI=1S/C19H24BrClN4O3S2/c1-11-16(10-27-11)28-19(30-17-7-12(20)3-4-13(17)21)15(26-2)9-25(23)8-14(22)18-24-5-6-29-18/h3-8,11,15-16,19H,9-10,22-23H2,1-2H3/b14-8-/t11?,15-,16?,19?/m0/s1. The average molecular weight is 536 g/mol. The number of thiazole rings is 1. The summed E-state index contributed by atoms with van der Waals surface area (Å²) in [5.41, 5.74) is 6.22. The van der Waals surface area contributed by atoms with Gasteiger partial charge in [-0.05, 0) is 25.1 Å². The van der Waals surface area contributed by atoms with Crippen molar-refractivity contribution in [2.75, 3.05) is 20.3 Å². The van der Waals surface area contributed by atoms with Crippen molar-refractivity contribution in [3.8, 4) is 0 Å². The molecule has 4 atom stereocenters. The normalized spacial score (nSPS) is 21.2. The minimum atomic E-state index is -0.362. The van der Waals surface area contributed by atoms with Gasteiger partial charge in [0.2, 0.25) is 0 Å². The maximum Gasteiger partial charge on any atom is 0.140 e. The van der Waals surface area contributed by atoms with Crippen LogP contribution >= 0.6 is 50.6 Å². The van der Waals surface area contributed by atoms with Crippen LogP contribution in [0.3, 0.4) is 0 Å². The summed E-state index contributed by atoms with van der Waals surface area (Å²) < 4.78 is 18.5. The lowest BCUT2D eigenvalue weighted by Crippen LogP contribution is -2.50. The van der Waals surface area contributed by atoms with Gasteiger partial charge in [-0.15, -0.1) is 11.3 Å². The fraction of sp³-hybridized carbons (Fsp3) is 0.421. The highest BCUT2D eigenvalue weighted by atomic mass is 79.9. The summed E-state index contributed by atoms with van der Waals surface area (Å²) in [5.74, 6) is 6.20. The van der Waals surface area contributed by atoms with E-state index in [-0.39, 0.29) is 23.7 Å². The first kappa shape index (κ1) is 23.8. The van der Waals surface area contributed by atoms with Crippen LogP contribution in [0.5, 0.6) is 0 Å². The molecular weight excluding hydrogens is 512 g/mol. The molecule has 1 aromatic heterocycles. The first-order chi connectivity index (χ1) is 14.4. The zero-order chi connectivity index (χ0) is 21.7. The molecule has 164 valence electrons. The number of aromatic nitrogens is 1. The summed E-state index contributed by atoms with van der Waals surface area (Å²) >= 11 is 12.8. The van der Waals surface area contributed by atoms with Gasteiger partial charge in [-0.3, -0.25) is 0 Å². The number of hydrazine groups is 1. The van der Waals surface area contributed by atoms with Crippen molar-refractivity contribution < 1.29 is 14.2 Å². The lowest BCUT2D eigenvalue weighted by atomic mass is 10.1. The van der Waals surface area contributed by atoms with Gasteiger partial charge in [-0.1, -0.05) is 39.3 Å². The maximum atomic E-state index is 6.40. The fourth-order valence-electron chi connectivity index (χ4n) is 2.71. The Morgan fingerprint density at radius 2 is 2.37 bits per heavy atom. The molecule has 2 heterocycles. The summed E-state index contributed by atoms with van der Waals surface area (Å²) in [4.78, 5) is 5.08. The van der Waals surface area contributed by atoms with Crippen LogP contribution in [0.1, 0.15) is 11.9 Å². The molecule has 0 radical (unpaired) electrons. The molecule has 11 heteroatoms. The van der Waals surface area contributed by atoms with E-state index in [4.69, 9.17) is 37.4 Å². The molecule has 2 aromatic rings. The average Bonchev–Trinajstić information content (AvgIpc) is 3.25. The first-order valence-electron chi connectivity index (χ1n) is 9.17. The third-order valence-corrected chi connectivity index (χ3v) is 7.47. The molecule has 1 aliphatic heterocycles. The summed E-state index contributed by atoms with van der Waals surface area (Å²) in [6.45, 7) is 2.88. The Kier molecular flexibility index (Phi) is 8.84. The number of methoxy groups -OCH3 is 1. The molecule has 4 N–H and O–H groups in total. The molecule has 1 aromatic carbocycles. The second-order valence-electron chi connectivity index (χ2n) is 6.67. The molecule has 0 amide bonds. The van der Waals surface area contributed by atoms with Crippen LogP contribution in [0, 0.1) is 0 Å². The van der Waals surface area contributed by atoms with Gasteiger partial charge in [-0.25, -0.2) is 10.8 Å². The van der Waals surface area contributed by atoms with Crippen molar-refractivity contribution in [3.05, 3.63) is 50.5 Å². The molecule has 0 spiro atoms. The van der Waals surface area contributed by atoms with E-state index in [2.05, 4.69) is 20.9 Å². The third kappa shape index (κ3) is 6.33. The smallest absolute Gasteiger partial charge is 0.140 e. The lowest BCUT2D eigenvalue weighted by Gasteiger charge is -2.38. The van der Waals surface area contributed by atoms with Crippen LogP contribution < -0.4 is 11.6 Å². The maximum absolute atomic E-state index is 6.40. The van der Waals surface area contributed by atoms with Crippen molar-refractivity contribution in [1.29, 1.82) is 0 Å². The Labute approximate surface area is 197 Å². The summed E-state index contributed by atoms with van der Waals surface area (Å²) in [6, 6.07) is 5.69. The number of benzene rings is 1. The minimum Gasteiger partial charge on any atom is -0.395 e.